The second-order valence-corrected chi connectivity index (χ2v) is 3.41. The average Bonchev–Trinajstić information content (AvgIpc) is 2.26. The lowest BCUT2D eigenvalue weighted by molar-refractivity contribution is 0.302. The topological polar surface area (TPSA) is 52.5 Å². The Kier molecular flexibility index (Phi) is 4.30. The molecule has 0 radical (unpaired) electrons. The Morgan fingerprint density at radius 2 is 2.13 bits per heavy atom. The zero-order valence-corrected chi connectivity index (χ0v) is 9.51. The molecule has 1 N–H and O–H groups in total. The fourth-order valence-corrected chi connectivity index (χ4v) is 1.29. The Balaban J connectivity index is 2.87. The van der Waals surface area contributed by atoms with E-state index in [2.05, 4.69) is 9.97 Å². The molecule has 84 valence electrons. The van der Waals surface area contributed by atoms with Gasteiger partial charge in [0.1, 0.15) is 5.82 Å². The maximum absolute atomic E-state index is 8.91. The number of nitrogens with zero attached hydrogens (tertiary/aromatic N) is 4. The van der Waals surface area contributed by atoms with Crippen LogP contribution in [0.3, 0.4) is 0 Å². The lowest BCUT2D eigenvalue weighted by Gasteiger charge is -2.21. The quantitative estimate of drug-likeness (QED) is 0.760. The molecule has 0 amide bonds. The lowest BCUT2D eigenvalue weighted by Crippen LogP contribution is -2.27. The first-order chi connectivity index (χ1) is 7.19. The maximum Gasteiger partial charge on any atom is 0.226 e. The predicted octanol–water partition coefficient (Wildman–Crippen LogP) is 0.361. The van der Waals surface area contributed by atoms with Gasteiger partial charge in [-0.15, -0.1) is 0 Å². The Hall–Kier alpha value is -1.36. The number of hydrogen-bond donors (Lipinski definition) is 1. The van der Waals surface area contributed by atoms with E-state index in [1.165, 1.54) is 0 Å². The Labute approximate surface area is 90.4 Å². The van der Waals surface area contributed by atoms with Crippen molar-refractivity contribution in [3.63, 3.8) is 0 Å². The van der Waals surface area contributed by atoms with Crippen LogP contribution in [-0.2, 0) is 0 Å². The first-order valence-electron chi connectivity index (χ1n) is 5.05. The van der Waals surface area contributed by atoms with Gasteiger partial charge in [0.25, 0.3) is 0 Å². The third-order valence-electron chi connectivity index (χ3n) is 2.10. The van der Waals surface area contributed by atoms with Gasteiger partial charge in [0.15, 0.2) is 0 Å². The van der Waals surface area contributed by atoms with Crippen molar-refractivity contribution in [1.82, 2.24) is 9.97 Å². The summed E-state index contributed by atoms with van der Waals surface area (Å²) in [6.07, 6.45) is 1.73. The van der Waals surface area contributed by atoms with E-state index in [4.69, 9.17) is 5.11 Å². The van der Waals surface area contributed by atoms with Crippen LogP contribution >= 0.6 is 0 Å². The van der Waals surface area contributed by atoms with Crippen LogP contribution in [0.25, 0.3) is 0 Å². The number of anilines is 2. The Morgan fingerprint density at radius 3 is 2.67 bits per heavy atom. The fourth-order valence-electron chi connectivity index (χ4n) is 1.29. The van der Waals surface area contributed by atoms with Crippen LogP contribution in [0.15, 0.2) is 12.3 Å². The molecule has 0 atom stereocenters. The molecule has 1 rings (SSSR count). The molecule has 0 spiro atoms. The van der Waals surface area contributed by atoms with E-state index in [9.17, 15) is 0 Å². The number of hydrogen-bond acceptors (Lipinski definition) is 5. The first-order valence-corrected chi connectivity index (χ1v) is 5.05. The van der Waals surface area contributed by atoms with Crippen molar-refractivity contribution in [3.05, 3.63) is 12.3 Å². The van der Waals surface area contributed by atoms with Gasteiger partial charge in [0.2, 0.25) is 5.95 Å². The third kappa shape index (κ3) is 3.06. The van der Waals surface area contributed by atoms with Crippen molar-refractivity contribution in [2.75, 3.05) is 43.6 Å². The molecule has 0 saturated carbocycles. The second-order valence-electron chi connectivity index (χ2n) is 3.41. The van der Waals surface area contributed by atoms with Gasteiger partial charge in [-0.1, -0.05) is 0 Å². The van der Waals surface area contributed by atoms with Gasteiger partial charge in [-0.05, 0) is 13.0 Å². The van der Waals surface area contributed by atoms with E-state index in [0.29, 0.717) is 12.5 Å². The molecule has 0 aliphatic carbocycles. The first kappa shape index (κ1) is 11.7. The summed E-state index contributed by atoms with van der Waals surface area (Å²) < 4.78 is 0. The van der Waals surface area contributed by atoms with Gasteiger partial charge in [-0.2, -0.15) is 4.98 Å². The van der Waals surface area contributed by atoms with E-state index in [0.717, 1.165) is 12.4 Å². The van der Waals surface area contributed by atoms with Crippen LogP contribution < -0.4 is 9.80 Å². The SMILES string of the molecule is CCN(CCO)c1ccnc(N(C)C)n1. The third-order valence-corrected chi connectivity index (χ3v) is 2.10. The molecular formula is C10H18N4O. The molecular weight excluding hydrogens is 192 g/mol. The zero-order valence-electron chi connectivity index (χ0n) is 9.51. The summed E-state index contributed by atoms with van der Waals surface area (Å²) in [7, 11) is 3.81. The minimum Gasteiger partial charge on any atom is -0.395 e. The van der Waals surface area contributed by atoms with Gasteiger partial charge in [-0.3, -0.25) is 0 Å². The number of rotatable bonds is 5. The molecule has 1 heterocycles. The molecule has 5 heteroatoms. The van der Waals surface area contributed by atoms with Crippen LogP contribution in [0.5, 0.6) is 0 Å². The molecule has 0 bridgehead atoms. The Morgan fingerprint density at radius 1 is 1.40 bits per heavy atom. The van der Waals surface area contributed by atoms with E-state index in [1.807, 2.05) is 36.9 Å². The van der Waals surface area contributed by atoms with Crippen LogP contribution in [-0.4, -0.2) is 48.9 Å². The highest BCUT2D eigenvalue weighted by Gasteiger charge is 2.07. The van der Waals surface area contributed by atoms with E-state index < -0.39 is 0 Å². The smallest absolute Gasteiger partial charge is 0.226 e. The van der Waals surface area contributed by atoms with Crippen molar-refractivity contribution in [1.29, 1.82) is 0 Å². The summed E-state index contributed by atoms with van der Waals surface area (Å²) in [4.78, 5) is 12.4. The van der Waals surface area contributed by atoms with Gasteiger partial charge >= 0.3 is 0 Å². The highest BCUT2D eigenvalue weighted by atomic mass is 16.3. The summed E-state index contributed by atoms with van der Waals surface area (Å²) in [6, 6.07) is 1.85. The van der Waals surface area contributed by atoms with E-state index in [1.54, 1.807) is 6.20 Å². The van der Waals surface area contributed by atoms with Crippen LogP contribution in [0.4, 0.5) is 11.8 Å². The lowest BCUT2D eigenvalue weighted by atomic mass is 10.4. The van der Waals surface area contributed by atoms with Crippen molar-refractivity contribution in [2.45, 2.75) is 6.92 Å². The molecule has 15 heavy (non-hydrogen) atoms. The molecule has 0 saturated heterocycles. The minimum atomic E-state index is 0.134. The van der Waals surface area contributed by atoms with Crippen LogP contribution in [0.1, 0.15) is 6.92 Å². The van der Waals surface area contributed by atoms with Crippen molar-refractivity contribution >= 4 is 11.8 Å². The average molecular weight is 210 g/mol. The molecule has 0 fully saturated rings. The number of aliphatic hydroxyl groups excluding tert-OH is 1. The molecule has 0 aliphatic rings. The summed E-state index contributed by atoms with van der Waals surface area (Å²) >= 11 is 0. The molecule has 1 aromatic heterocycles. The van der Waals surface area contributed by atoms with Gasteiger partial charge in [-0.25, -0.2) is 4.98 Å². The number of aromatic nitrogens is 2. The van der Waals surface area contributed by atoms with Gasteiger partial charge < -0.3 is 14.9 Å². The van der Waals surface area contributed by atoms with E-state index >= 15 is 0 Å². The summed E-state index contributed by atoms with van der Waals surface area (Å²) in [5.41, 5.74) is 0. The maximum atomic E-state index is 8.91. The van der Waals surface area contributed by atoms with E-state index in [-0.39, 0.29) is 6.61 Å². The number of aliphatic hydroxyl groups is 1. The minimum absolute atomic E-state index is 0.134. The fraction of sp³-hybridized carbons (Fsp3) is 0.600. The van der Waals surface area contributed by atoms with Gasteiger partial charge in [0, 0.05) is 33.4 Å². The normalized spacial score (nSPS) is 10.1. The molecule has 0 unspecified atom stereocenters. The highest BCUT2D eigenvalue weighted by Crippen LogP contribution is 2.12. The Bertz CT molecular complexity index is 303. The summed E-state index contributed by atoms with van der Waals surface area (Å²) in [6.45, 7) is 3.59. The monoisotopic (exact) mass is 210 g/mol. The molecule has 5 nitrogen and oxygen atoms in total. The van der Waals surface area contributed by atoms with Crippen LogP contribution in [0, 0.1) is 0 Å². The largest absolute Gasteiger partial charge is 0.395 e. The summed E-state index contributed by atoms with van der Waals surface area (Å²) in [5, 5.41) is 8.91. The zero-order chi connectivity index (χ0) is 11.3. The molecule has 1 aromatic rings. The highest BCUT2D eigenvalue weighted by molar-refractivity contribution is 5.42. The second kappa shape index (κ2) is 5.50. The number of likely N-dealkylation sites (N-methyl/N-ethyl adjacent to an activating group) is 1. The summed E-state index contributed by atoms with van der Waals surface area (Å²) in [5.74, 6) is 1.54. The van der Waals surface area contributed by atoms with Gasteiger partial charge in [0.05, 0.1) is 6.61 Å². The predicted molar refractivity (Wildman–Crippen MR) is 61.3 cm³/mol. The van der Waals surface area contributed by atoms with Crippen molar-refractivity contribution in [3.8, 4) is 0 Å². The molecule has 0 aromatic carbocycles. The van der Waals surface area contributed by atoms with Crippen molar-refractivity contribution in [2.24, 2.45) is 0 Å². The van der Waals surface area contributed by atoms with Crippen LogP contribution in [0.2, 0.25) is 0 Å². The van der Waals surface area contributed by atoms with Crippen molar-refractivity contribution < 1.29 is 5.11 Å². The standard InChI is InChI=1S/C10H18N4O/c1-4-14(7-8-15)9-5-6-11-10(12-9)13(2)3/h5-6,15H,4,7-8H2,1-3H3. The molecule has 0 aliphatic heterocycles.